The van der Waals surface area contributed by atoms with Crippen molar-refractivity contribution < 1.29 is 4.74 Å². The summed E-state index contributed by atoms with van der Waals surface area (Å²) < 4.78 is 5.30. The molecule has 6 rings (SSSR count). The van der Waals surface area contributed by atoms with E-state index in [-0.39, 0.29) is 0 Å². The van der Waals surface area contributed by atoms with Crippen molar-refractivity contribution >= 4 is 39.8 Å². The normalized spacial score (nSPS) is 16.9. The zero-order valence-corrected chi connectivity index (χ0v) is 20.2. The van der Waals surface area contributed by atoms with Crippen LogP contribution in [-0.2, 0) is 13.0 Å². The zero-order valence-electron chi connectivity index (χ0n) is 19.4. The topological polar surface area (TPSA) is 89.4 Å². The quantitative estimate of drug-likeness (QED) is 0.486. The number of halogens is 1. The van der Waals surface area contributed by atoms with E-state index < -0.39 is 0 Å². The average molecular weight is 488 g/mol. The van der Waals surface area contributed by atoms with Gasteiger partial charge in [0.15, 0.2) is 5.84 Å². The Labute approximate surface area is 208 Å². The lowest BCUT2D eigenvalue weighted by molar-refractivity contribution is 0.302. The molecule has 0 spiro atoms. The summed E-state index contributed by atoms with van der Waals surface area (Å²) in [6.07, 6.45) is 4.78. The molecule has 0 amide bonds. The van der Waals surface area contributed by atoms with E-state index in [0.29, 0.717) is 13.1 Å². The molecule has 0 saturated carbocycles. The maximum atomic E-state index is 6.23. The second-order valence-electron chi connectivity index (χ2n) is 8.90. The van der Waals surface area contributed by atoms with Gasteiger partial charge in [-0.25, -0.2) is 0 Å². The van der Waals surface area contributed by atoms with Crippen LogP contribution in [0.4, 0.5) is 0 Å². The molecular formula is C26H26ClN7O. The van der Waals surface area contributed by atoms with Gasteiger partial charge < -0.3 is 15.0 Å². The van der Waals surface area contributed by atoms with Crippen LogP contribution >= 0.6 is 11.6 Å². The monoisotopic (exact) mass is 487 g/mol. The van der Waals surface area contributed by atoms with Crippen LogP contribution in [0.2, 0.25) is 5.02 Å². The Bertz CT molecular complexity index is 1400. The molecule has 0 fully saturated rings. The highest BCUT2D eigenvalue weighted by Crippen LogP contribution is 2.30. The van der Waals surface area contributed by atoms with E-state index in [1.807, 2.05) is 30.3 Å². The summed E-state index contributed by atoms with van der Waals surface area (Å²) in [4.78, 5) is 3.33. The summed E-state index contributed by atoms with van der Waals surface area (Å²) in [5.74, 6) is 1.62. The number of nitrogens with one attached hydrogen (secondary N) is 3. The van der Waals surface area contributed by atoms with Crippen LogP contribution in [0.3, 0.4) is 0 Å². The molecule has 2 aromatic carbocycles. The Kier molecular flexibility index (Phi) is 5.66. The molecule has 0 unspecified atom stereocenters. The molecular weight excluding hydrogens is 462 g/mol. The van der Waals surface area contributed by atoms with Crippen LogP contribution in [0.25, 0.3) is 10.9 Å². The van der Waals surface area contributed by atoms with Crippen molar-refractivity contribution in [2.45, 2.75) is 25.8 Å². The van der Waals surface area contributed by atoms with Crippen molar-refractivity contribution in [2.75, 3.05) is 20.2 Å². The van der Waals surface area contributed by atoms with Gasteiger partial charge in [-0.3, -0.25) is 5.01 Å². The van der Waals surface area contributed by atoms with Gasteiger partial charge in [-0.2, -0.15) is 20.8 Å². The van der Waals surface area contributed by atoms with Gasteiger partial charge in [0.25, 0.3) is 0 Å². The predicted molar refractivity (Wildman–Crippen MR) is 140 cm³/mol. The molecule has 9 heteroatoms. The number of hydrazone groups is 3. The highest BCUT2D eigenvalue weighted by molar-refractivity contribution is 6.54. The molecule has 0 saturated heterocycles. The Morgan fingerprint density at radius 2 is 2.00 bits per heavy atom. The number of benzene rings is 2. The third-order valence-electron chi connectivity index (χ3n) is 6.67. The summed E-state index contributed by atoms with van der Waals surface area (Å²) in [6, 6.07) is 14.1. The number of aromatic amines is 1. The zero-order chi connectivity index (χ0) is 23.8. The number of aromatic nitrogens is 1. The van der Waals surface area contributed by atoms with E-state index in [1.54, 1.807) is 7.11 Å². The van der Waals surface area contributed by atoms with Crippen molar-refractivity contribution in [2.24, 2.45) is 15.3 Å². The van der Waals surface area contributed by atoms with Gasteiger partial charge >= 0.3 is 0 Å². The maximum absolute atomic E-state index is 6.23. The number of nitrogens with zero attached hydrogens (tertiary/aromatic N) is 4. The van der Waals surface area contributed by atoms with Gasteiger partial charge in [0, 0.05) is 34.2 Å². The summed E-state index contributed by atoms with van der Waals surface area (Å²) in [7, 11) is 1.68. The molecule has 0 bridgehead atoms. The van der Waals surface area contributed by atoms with E-state index in [0.717, 1.165) is 70.3 Å². The number of H-pyrrole nitrogens is 1. The molecule has 3 aliphatic rings. The molecule has 1 aromatic heterocycles. The minimum Gasteiger partial charge on any atom is -0.497 e. The first kappa shape index (κ1) is 21.7. The van der Waals surface area contributed by atoms with Crippen LogP contribution in [0, 0.1) is 0 Å². The lowest BCUT2D eigenvalue weighted by Gasteiger charge is -2.20. The number of fused-ring (bicyclic) bond motifs is 1. The summed E-state index contributed by atoms with van der Waals surface area (Å²) in [5.41, 5.74) is 10.7. The first-order chi connectivity index (χ1) is 17.2. The van der Waals surface area contributed by atoms with Crippen molar-refractivity contribution in [3.05, 3.63) is 76.0 Å². The number of methoxy groups -OCH3 is 1. The molecule has 3 aromatic rings. The Morgan fingerprint density at radius 3 is 2.86 bits per heavy atom. The van der Waals surface area contributed by atoms with Crippen molar-refractivity contribution in [3.8, 4) is 5.75 Å². The average Bonchev–Trinajstić information content (AvgIpc) is 3.43. The molecule has 0 radical (unpaired) electrons. The molecule has 35 heavy (non-hydrogen) atoms. The van der Waals surface area contributed by atoms with E-state index in [4.69, 9.17) is 21.4 Å². The molecule has 2 aliphatic heterocycles. The number of hydrogen-bond donors (Lipinski definition) is 3. The maximum Gasteiger partial charge on any atom is 0.174 e. The first-order valence-electron chi connectivity index (χ1n) is 11.8. The lowest BCUT2D eigenvalue weighted by Crippen LogP contribution is -2.38. The smallest absolute Gasteiger partial charge is 0.174 e. The Morgan fingerprint density at radius 1 is 1.11 bits per heavy atom. The fraction of sp³-hybridized carbons (Fsp3) is 0.269. The highest BCUT2D eigenvalue weighted by Gasteiger charge is 2.33. The van der Waals surface area contributed by atoms with Crippen LogP contribution < -0.4 is 15.6 Å². The second kappa shape index (κ2) is 9.11. The minimum absolute atomic E-state index is 0.695. The number of amidine groups is 1. The van der Waals surface area contributed by atoms with E-state index in [9.17, 15) is 0 Å². The van der Waals surface area contributed by atoms with Gasteiger partial charge in [-0.1, -0.05) is 23.7 Å². The fourth-order valence-electron chi connectivity index (χ4n) is 4.93. The highest BCUT2D eigenvalue weighted by atomic mass is 35.5. The minimum atomic E-state index is 0.695. The van der Waals surface area contributed by atoms with E-state index in [1.165, 1.54) is 16.7 Å². The first-order valence-corrected chi connectivity index (χ1v) is 12.1. The number of hydrogen-bond acceptors (Lipinski definition) is 7. The van der Waals surface area contributed by atoms with Crippen molar-refractivity contribution in [1.29, 1.82) is 0 Å². The van der Waals surface area contributed by atoms with Crippen molar-refractivity contribution in [3.63, 3.8) is 0 Å². The van der Waals surface area contributed by atoms with Crippen LogP contribution in [0.5, 0.6) is 5.75 Å². The van der Waals surface area contributed by atoms with Crippen LogP contribution in [0.1, 0.15) is 24.0 Å². The second-order valence-corrected chi connectivity index (χ2v) is 9.33. The Hall–Kier alpha value is -3.78. The van der Waals surface area contributed by atoms with Crippen LogP contribution in [0.15, 0.2) is 75.1 Å². The molecule has 1 aliphatic carbocycles. The largest absolute Gasteiger partial charge is 0.497 e. The van der Waals surface area contributed by atoms with Gasteiger partial charge in [-0.15, -0.1) is 0 Å². The lowest BCUT2D eigenvalue weighted by atomic mass is 10.0. The van der Waals surface area contributed by atoms with E-state index in [2.05, 4.69) is 49.4 Å². The third-order valence-corrected chi connectivity index (χ3v) is 6.90. The molecule has 8 nitrogen and oxygen atoms in total. The molecule has 0 atom stereocenters. The molecule has 178 valence electrons. The number of rotatable bonds is 6. The van der Waals surface area contributed by atoms with Gasteiger partial charge in [-0.05, 0) is 66.3 Å². The summed E-state index contributed by atoms with van der Waals surface area (Å²) in [5, 5.41) is 21.6. The number of ether oxygens (including phenoxy) is 1. The summed E-state index contributed by atoms with van der Waals surface area (Å²) in [6.45, 7) is 2.16. The fourth-order valence-corrected chi connectivity index (χ4v) is 5.10. The summed E-state index contributed by atoms with van der Waals surface area (Å²) >= 11 is 6.23. The predicted octanol–water partition coefficient (Wildman–Crippen LogP) is 4.20. The van der Waals surface area contributed by atoms with Crippen molar-refractivity contribution in [1.82, 2.24) is 20.8 Å². The Balaban J connectivity index is 1.25. The SMILES string of the molecule is COc1ccc(CN2CC3=C4C(=NNN=C4C(NCCc4c[nH]c5ccc(Cl)cc45)=N2)CC3)cc1. The molecule has 3 N–H and O–H groups in total. The van der Waals surface area contributed by atoms with Gasteiger partial charge in [0.1, 0.15) is 11.5 Å². The third kappa shape index (κ3) is 4.25. The van der Waals surface area contributed by atoms with E-state index >= 15 is 0 Å². The van der Waals surface area contributed by atoms with Gasteiger partial charge in [0.05, 0.1) is 25.9 Å². The van der Waals surface area contributed by atoms with Crippen LogP contribution in [-0.4, -0.2) is 47.5 Å². The molecule has 3 heterocycles. The standard InChI is InChI=1S/C26H26ClN7O/c1-35-20-6-2-16(3-7-20)14-34-15-18-4-8-23-24(18)25(31-33-30-23)26(32-34)28-11-10-17-13-29-22-9-5-19(27)12-21(17)22/h2-3,5-7,9,12-13,29,33H,4,8,10-11,14-15H2,1H3,(H,28,32). The van der Waals surface area contributed by atoms with Gasteiger partial charge in [0.2, 0.25) is 0 Å².